The highest BCUT2D eigenvalue weighted by atomic mass is 19.2. The number of benzene rings is 1. The number of methoxy groups -OCH3 is 1. The summed E-state index contributed by atoms with van der Waals surface area (Å²) in [5.41, 5.74) is -0.986. The van der Waals surface area contributed by atoms with Crippen LogP contribution in [0.25, 0.3) is 0 Å². The zero-order valence-corrected chi connectivity index (χ0v) is 9.97. The summed E-state index contributed by atoms with van der Waals surface area (Å²) in [6.45, 7) is 0. The van der Waals surface area contributed by atoms with Gasteiger partial charge in [0.1, 0.15) is 11.7 Å². The quantitative estimate of drug-likeness (QED) is 0.522. The van der Waals surface area contributed by atoms with Crippen molar-refractivity contribution in [2.75, 3.05) is 12.4 Å². The summed E-state index contributed by atoms with van der Waals surface area (Å²) in [7, 11) is 1.12. The Kier molecular flexibility index (Phi) is 3.64. The second-order valence-electron chi connectivity index (χ2n) is 4.33. The van der Waals surface area contributed by atoms with Crippen LogP contribution in [0.5, 0.6) is 0 Å². The number of nitrogens with one attached hydrogen (secondary N) is 1. The molecule has 1 unspecified atom stereocenters. The molecule has 7 heteroatoms. The highest BCUT2D eigenvalue weighted by molar-refractivity contribution is 5.80. The molecule has 104 valence electrons. The first-order chi connectivity index (χ1) is 8.95. The van der Waals surface area contributed by atoms with Crippen molar-refractivity contribution in [3.8, 4) is 0 Å². The van der Waals surface area contributed by atoms with Crippen molar-refractivity contribution in [2.24, 2.45) is 5.92 Å². The minimum absolute atomic E-state index is 0.111. The van der Waals surface area contributed by atoms with Crippen molar-refractivity contribution < 1.29 is 27.1 Å². The number of carbonyl (C=O) groups is 1. The van der Waals surface area contributed by atoms with Crippen LogP contribution in [0.4, 0.5) is 23.2 Å². The lowest BCUT2D eigenvalue weighted by Crippen LogP contribution is -2.33. The van der Waals surface area contributed by atoms with Gasteiger partial charge in [-0.15, -0.1) is 0 Å². The summed E-state index contributed by atoms with van der Waals surface area (Å²) in [5.74, 6) is -7.06. The number of hydrogen-bond acceptors (Lipinski definition) is 3. The lowest BCUT2D eigenvalue weighted by atomic mass is 10.1. The zero-order chi connectivity index (χ0) is 14.2. The Labute approximate surface area is 106 Å². The van der Waals surface area contributed by atoms with E-state index in [-0.39, 0.29) is 12.0 Å². The fraction of sp³-hybridized carbons (Fsp3) is 0.417. The van der Waals surface area contributed by atoms with Gasteiger partial charge in [-0.2, -0.15) is 0 Å². The predicted molar refractivity (Wildman–Crippen MR) is 58.4 cm³/mol. The minimum atomic E-state index is -1.56. The van der Waals surface area contributed by atoms with Gasteiger partial charge >= 0.3 is 5.97 Å². The van der Waals surface area contributed by atoms with E-state index in [1.54, 1.807) is 0 Å². The van der Waals surface area contributed by atoms with Gasteiger partial charge in [0.15, 0.2) is 23.3 Å². The molecule has 0 radical (unpaired) electrons. The maximum Gasteiger partial charge on any atom is 0.328 e. The SMILES string of the molecule is COC(=O)C(Nc1c(F)c(F)cc(F)c1F)C1CC1. The summed E-state index contributed by atoms with van der Waals surface area (Å²) in [6, 6.07) is -0.907. The van der Waals surface area contributed by atoms with Gasteiger partial charge in [-0.05, 0) is 18.8 Å². The maximum absolute atomic E-state index is 13.5. The van der Waals surface area contributed by atoms with Crippen molar-refractivity contribution in [1.29, 1.82) is 0 Å². The largest absolute Gasteiger partial charge is 0.467 e. The summed E-state index contributed by atoms with van der Waals surface area (Å²) in [5, 5.41) is 2.21. The van der Waals surface area contributed by atoms with E-state index in [0.717, 1.165) is 7.11 Å². The first kappa shape index (κ1) is 13.6. The van der Waals surface area contributed by atoms with Crippen molar-refractivity contribution in [3.63, 3.8) is 0 Å². The fourth-order valence-electron chi connectivity index (χ4n) is 1.78. The molecule has 1 aromatic rings. The third kappa shape index (κ3) is 2.64. The Morgan fingerprint density at radius 1 is 1.26 bits per heavy atom. The molecule has 1 N–H and O–H groups in total. The standard InChI is InChI=1S/C12H11F4NO2/c1-19-12(18)10(5-2-3-5)17-11-8(15)6(13)4-7(14)9(11)16/h4-5,10,17H,2-3H2,1H3. The smallest absolute Gasteiger partial charge is 0.328 e. The van der Waals surface area contributed by atoms with Gasteiger partial charge in [-0.25, -0.2) is 22.4 Å². The van der Waals surface area contributed by atoms with Gasteiger partial charge in [0.25, 0.3) is 0 Å². The van der Waals surface area contributed by atoms with Crippen LogP contribution in [0, 0.1) is 29.2 Å². The van der Waals surface area contributed by atoms with E-state index in [4.69, 9.17) is 0 Å². The monoisotopic (exact) mass is 277 g/mol. The lowest BCUT2D eigenvalue weighted by molar-refractivity contribution is -0.142. The molecule has 19 heavy (non-hydrogen) atoms. The molecule has 0 saturated heterocycles. The molecular formula is C12H11F4NO2. The van der Waals surface area contributed by atoms with E-state index >= 15 is 0 Å². The van der Waals surface area contributed by atoms with Crippen LogP contribution in [0.3, 0.4) is 0 Å². The molecule has 1 fully saturated rings. The fourth-order valence-corrected chi connectivity index (χ4v) is 1.78. The van der Waals surface area contributed by atoms with Gasteiger partial charge in [-0.3, -0.25) is 0 Å². The maximum atomic E-state index is 13.5. The number of anilines is 1. The summed E-state index contributed by atoms with van der Waals surface area (Å²) in [6.07, 6.45) is 1.35. The molecular weight excluding hydrogens is 266 g/mol. The minimum Gasteiger partial charge on any atom is -0.467 e. The molecule has 0 spiro atoms. The van der Waals surface area contributed by atoms with E-state index in [0.29, 0.717) is 12.8 Å². The van der Waals surface area contributed by atoms with Gasteiger partial charge in [0.05, 0.1) is 7.11 Å². The van der Waals surface area contributed by atoms with E-state index in [1.807, 2.05) is 0 Å². The van der Waals surface area contributed by atoms with E-state index in [1.165, 1.54) is 0 Å². The third-order valence-electron chi connectivity index (χ3n) is 2.96. The Morgan fingerprint density at radius 3 is 2.21 bits per heavy atom. The Balaban J connectivity index is 2.33. The second-order valence-corrected chi connectivity index (χ2v) is 4.33. The van der Waals surface area contributed by atoms with Crippen molar-refractivity contribution in [3.05, 3.63) is 29.3 Å². The molecule has 1 atom stereocenters. The first-order valence-corrected chi connectivity index (χ1v) is 5.63. The summed E-state index contributed by atoms with van der Waals surface area (Å²) < 4.78 is 57.5. The molecule has 3 nitrogen and oxygen atoms in total. The topological polar surface area (TPSA) is 38.3 Å². The predicted octanol–water partition coefficient (Wildman–Crippen LogP) is 2.61. The first-order valence-electron chi connectivity index (χ1n) is 5.63. The highest BCUT2D eigenvalue weighted by Crippen LogP contribution is 2.36. The Morgan fingerprint density at radius 2 is 1.79 bits per heavy atom. The number of ether oxygens (including phenoxy) is 1. The number of carbonyl (C=O) groups excluding carboxylic acids is 1. The van der Waals surface area contributed by atoms with Crippen molar-refractivity contribution in [1.82, 2.24) is 0 Å². The Bertz CT molecular complexity index is 491. The van der Waals surface area contributed by atoms with Crippen LogP contribution in [-0.2, 0) is 9.53 Å². The van der Waals surface area contributed by atoms with Crippen LogP contribution in [-0.4, -0.2) is 19.1 Å². The van der Waals surface area contributed by atoms with Crippen LogP contribution in [0.1, 0.15) is 12.8 Å². The molecule has 0 aliphatic heterocycles. The van der Waals surface area contributed by atoms with E-state index in [2.05, 4.69) is 10.1 Å². The molecule has 0 aromatic heterocycles. The van der Waals surface area contributed by atoms with Gasteiger partial charge in [-0.1, -0.05) is 0 Å². The average molecular weight is 277 g/mol. The van der Waals surface area contributed by atoms with E-state index in [9.17, 15) is 22.4 Å². The number of rotatable bonds is 4. The molecule has 0 amide bonds. The van der Waals surface area contributed by atoms with Gasteiger partial charge in [0, 0.05) is 6.07 Å². The molecule has 0 bridgehead atoms. The third-order valence-corrected chi connectivity index (χ3v) is 2.96. The zero-order valence-electron chi connectivity index (χ0n) is 9.97. The summed E-state index contributed by atoms with van der Waals surface area (Å²) >= 11 is 0. The lowest BCUT2D eigenvalue weighted by Gasteiger charge is -2.18. The van der Waals surface area contributed by atoms with Crippen LogP contribution < -0.4 is 5.32 Å². The normalized spacial score (nSPS) is 16.1. The van der Waals surface area contributed by atoms with Crippen LogP contribution in [0.15, 0.2) is 6.07 Å². The van der Waals surface area contributed by atoms with Crippen molar-refractivity contribution >= 4 is 11.7 Å². The number of halogens is 4. The molecule has 0 heterocycles. The molecule has 1 aliphatic rings. The highest BCUT2D eigenvalue weighted by Gasteiger charge is 2.38. The molecule has 2 rings (SSSR count). The molecule has 1 aromatic carbocycles. The van der Waals surface area contributed by atoms with Crippen LogP contribution >= 0.6 is 0 Å². The van der Waals surface area contributed by atoms with Crippen molar-refractivity contribution in [2.45, 2.75) is 18.9 Å². The van der Waals surface area contributed by atoms with E-state index < -0.39 is 41.0 Å². The summed E-state index contributed by atoms with van der Waals surface area (Å²) in [4.78, 5) is 11.5. The Hall–Kier alpha value is -1.79. The second kappa shape index (κ2) is 5.07. The average Bonchev–Trinajstić information content (AvgIpc) is 3.20. The number of hydrogen-bond donors (Lipinski definition) is 1. The number of esters is 1. The van der Waals surface area contributed by atoms with Gasteiger partial charge < -0.3 is 10.1 Å². The molecule has 1 saturated carbocycles. The molecule has 1 aliphatic carbocycles. The van der Waals surface area contributed by atoms with Crippen LogP contribution in [0.2, 0.25) is 0 Å². The van der Waals surface area contributed by atoms with Gasteiger partial charge in [0.2, 0.25) is 0 Å².